The maximum atomic E-state index is 5.86. The van der Waals surface area contributed by atoms with Crippen LogP contribution >= 0.6 is 11.6 Å². The lowest BCUT2D eigenvalue weighted by Crippen LogP contribution is -1.86. The van der Waals surface area contributed by atoms with Crippen LogP contribution in [0.25, 0.3) is 22.6 Å². The fourth-order valence-electron chi connectivity index (χ4n) is 1.73. The fourth-order valence-corrected chi connectivity index (χ4v) is 1.86. The Morgan fingerprint density at radius 2 is 1.83 bits per heavy atom. The van der Waals surface area contributed by atoms with Crippen molar-refractivity contribution < 1.29 is 4.74 Å². The number of hydrogen-bond acceptors (Lipinski definition) is 3. The van der Waals surface area contributed by atoms with Gasteiger partial charge in [0, 0.05) is 16.7 Å². The summed E-state index contributed by atoms with van der Waals surface area (Å²) in [6.07, 6.45) is 0. The Kier molecular flexibility index (Phi) is 2.64. The Bertz CT molecular complexity index is 691. The van der Waals surface area contributed by atoms with Gasteiger partial charge in [-0.3, -0.25) is 0 Å². The third kappa shape index (κ3) is 1.91. The van der Waals surface area contributed by atoms with E-state index in [1.807, 2.05) is 30.3 Å². The highest BCUT2D eigenvalue weighted by atomic mass is 35.5. The Hall–Kier alpha value is -2.07. The number of imidazole rings is 1. The van der Waals surface area contributed by atoms with Crippen LogP contribution in [0.1, 0.15) is 0 Å². The Labute approximate surface area is 109 Å². The third-order valence-corrected chi connectivity index (χ3v) is 2.90. The normalized spacial score (nSPS) is 10.8. The summed E-state index contributed by atoms with van der Waals surface area (Å²) in [4.78, 5) is 11.9. The number of aromatic nitrogens is 3. The van der Waals surface area contributed by atoms with E-state index >= 15 is 0 Å². The van der Waals surface area contributed by atoms with E-state index in [-0.39, 0.29) is 0 Å². The van der Waals surface area contributed by atoms with Crippen LogP contribution in [0.5, 0.6) is 5.88 Å². The van der Waals surface area contributed by atoms with Gasteiger partial charge in [0.15, 0.2) is 5.65 Å². The first-order chi connectivity index (χ1) is 8.76. The topological polar surface area (TPSA) is 50.8 Å². The van der Waals surface area contributed by atoms with Crippen LogP contribution < -0.4 is 4.74 Å². The summed E-state index contributed by atoms with van der Waals surface area (Å²) >= 11 is 5.86. The van der Waals surface area contributed by atoms with E-state index in [1.54, 1.807) is 13.2 Å². The Morgan fingerprint density at radius 1 is 1.06 bits per heavy atom. The van der Waals surface area contributed by atoms with E-state index in [0.29, 0.717) is 16.5 Å². The molecule has 0 saturated heterocycles. The summed E-state index contributed by atoms with van der Waals surface area (Å²) in [5, 5.41) is 0.703. The van der Waals surface area contributed by atoms with E-state index in [2.05, 4.69) is 15.0 Å². The molecule has 0 unspecified atom stereocenters. The van der Waals surface area contributed by atoms with E-state index in [1.165, 1.54) is 0 Å². The van der Waals surface area contributed by atoms with Crippen LogP contribution in [-0.2, 0) is 0 Å². The molecule has 4 nitrogen and oxygen atoms in total. The molecule has 0 saturated carbocycles. The maximum Gasteiger partial charge on any atom is 0.215 e. The van der Waals surface area contributed by atoms with Gasteiger partial charge >= 0.3 is 0 Å². The van der Waals surface area contributed by atoms with Crippen molar-refractivity contribution in [1.29, 1.82) is 0 Å². The van der Waals surface area contributed by atoms with Gasteiger partial charge in [0.1, 0.15) is 11.3 Å². The summed E-state index contributed by atoms with van der Waals surface area (Å²) in [5.41, 5.74) is 2.48. The number of methoxy groups -OCH3 is 1. The third-order valence-electron chi connectivity index (χ3n) is 2.64. The highest BCUT2D eigenvalue weighted by molar-refractivity contribution is 6.30. The van der Waals surface area contributed by atoms with Gasteiger partial charge in [-0.15, -0.1) is 0 Å². The molecule has 2 aromatic heterocycles. The van der Waals surface area contributed by atoms with Crippen LogP contribution in [0.4, 0.5) is 0 Å². The lowest BCUT2D eigenvalue weighted by Gasteiger charge is -1.96. The summed E-state index contributed by atoms with van der Waals surface area (Å²) in [7, 11) is 1.59. The molecule has 0 amide bonds. The minimum Gasteiger partial charge on any atom is -0.481 e. The van der Waals surface area contributed by atoms with Crippen molar-refractivity contribution in [2.45, 2.75) is 0 Å². The molecular weight excluding hydrogens is 250 g/mol. The van der Waals surface area contributed by atoms with Gasteiger partial charge in [-0.25, -0.2) is 4.98 Å². The predicted octanol–water partition coefficient (Wildman–Crippen LogP) is 3.29. The van der Waals surface area contributed by atoms with Crippen LogP contribution in [-0.4, -0.2) is 22.1 Å². The molecule has 0 aliphatic heterocycles. The summed E-state index contributed by atoms with van der Waals surface area (Å²) < 4.78 is 5.08. The number of nitrogens with one attached hydrogen (secondary N) is 1. The Morgan fingerprint density at radius 3 is 2.56 bits per heavy atom. The molecule has 0 fully saturated rings. The van der Waals surface area contributed by atoms with Crippen molar-refractivity contribution in [2.24, 2.45) is 0 Å². The molecule has 1 aromatic carbocycles. The summed E-state index contributed by atoms with van der Waals surface area (Å²) in [6.45, 7) is 0. The van der Waals surface area contributed by atoms with Gasteiger partial charge < -0.3 is 9.72 Å². The molecule has 0 atom stereocenters. The molecule has 0 radical (unpaired) electrons. The molecule has 2 heterocycles. The van der Waals surface area contributed by atoms with Gasteiger partial charge in [-0.05, 0) is 30.3 Å². The lowest BCUT2D eigenvalue weighted by molar-refractivity contribution is 0.399. The highest BCUT2D eigenvalue weighted by Crippen LogP contribution is 2.22. The summed E-state index contributed by atoms with van der Waals surface area (Å²) in [6, 6.07) is 11.1. The molecule has 0 spiro atoms. The SMILES string of the molecule is COc1ccc2nc(-c3ccc(Cl)cc3)[nH]c2n1. The van der Waals surface area contributed by atoms with Crippen LogP contribution in [0.2, 0.25) is 5.02 Å². The number of pyridine rings is 1. The van der Waals surface area contributed by atoms with Crippen molar-refractivity contribution in [3.8, 4) is 17.3 Å². The number of fused-ring (bicyclic) bond motifs is 1. The molecule has 3 aromatic rings. The van der Waals surface area contributed by atoms with Crippen molar-refractivity contribution >= 4 is 22.8 Å². The zero-order chi connectivity index (χ0) is 12.5. The molecule has 3 rings (SSSR count). The van der Waals surface area contributed by atoms with E-state index in [4.69, 9.17) is 16.3 Å². The molecule has 5 heteroatoms. The number of rotatable bonds is 2. The minimum atomic E-state index is 0.564. The minimum absolute atomic E-state index is 0.564. The van der Waals surface area contributed by atoms with Gasteiger partial charge in [0.2, 0.25) is 5.88 Å². The Balaban J connectivity index is 2.10. The average Bonchev–Trinajstić information content (AvgIpc) is 2.82. The summed E-state index contributed by atoms with van der Waals surface area (Å²) in [5.74, 6) is 1.33. The number of hydrogen-bond donors (Lipinski definition) is 1. The maximum absolute atomic E-state index is 5.86. The number of ether oxygens (including phenoxy) is 1. The predicted molar refractivity (Wildman–Crippen MR) is 70.9 cm³/mol. The van der Waals surface area contributed by atoms with Crippen LogP contribution in [0, 0.1) is 0 Å². The van der Waals surface area contributed by atoms with Crippen molar-refractivity contribution in [1.82, 2.24) is 15.0 Å². The van der Waals surface area contributed by atoms with E-state index in [9.17, 15) is 0 Å². The van der Waals surface area contributed by atoms with Crippen LogP contribution in [0.15, 0.2) is 36.4 Å². The number of nitrogens with zero attached hydrogens (tertiary/aromatic N) is 2. The first-order valence-corrected chi connectivity index (χ1v) is 5.81. The number of halogens is 1. The molecule has 0 bridgehead atoms. The van der Waals surface area contributed by atoms with E-state index in [0.717, 1.165) is 16.9 Å². The van der Waals surface area contributed by atoms with Crippen molar-refractivity contribution in [2.75, 3.05) is 7.11 Å². The van der Waals surface area contributed by atoms with Gasteiger partial charge in [-0.2, -0.15) is 4.98 Å². The molecule has 0 aliphatic carbocycles. The molecular formula is C13H10ClN3O. The average molecular weight is 260 g/mol. The number of aromatic amines is 1. The van der Waals surface area contributed by atoms with E-state index < -0.39 is 0 Å². The number of benzene rings is 1. The smallest absolute Gasteiger partial charge is 0.215 e. The zero-order valence-corrected chi connectivity index (χ0v) is 10.4. The second-order valence-corrected chi connectivity index (χ2v) is 4.25. The fraction of sp³-hybridized carbons (Fsp3) is 0.0769. The first kappa shape index (κ1) is 11.0. The first-order valence-electron chi connectivity index (χ1n) is 5.43. The molecule has 0 aliphatic rings. The van der Waals surface area contributed by atoms with Crippen molar-refractivity contribution in [3.63, 3.8) is 0 Å². The van der Waals surface area contributed by atoms with Gasteiger partial charge in [-0.1, -0.05) is 11.6 Å². The van der Waals surface area contributed by atoms with Gasteiger partial charge in [0.25, 0.3) is 0 Å². The van der Waals surface area contributed by atoms with Crippen molar-refractivity contribution in [3.05, 3.63) is 41.4 Å². The molecule has 18 heavy (non-hydrogen) atoms. The monoisotopic (exact) mass is 259 g/mol. The quantitative estimate of drug-likeness (QED) is 0.768. The molecule has 90 valence electrons. The largest absolute Gasteiger partial charge is 0.481 e. The second kappa shape index (κ2) is 4.31. The standard InChI is InChI=1S/C13H10ClN3O/c1-18-11-7-6-10-13(16-11)17-12(15-10)8-2-4-9(14)5-3-8/h2-7H,1H3,(H,15,16,17). The lowest BCUT2D eigenvalue weighted by atomic mass is 10.2. The highest BCUT2D eigenvalue weighted by Gasteiger charge is 2.07. The van der Waals surface area contributed by atoms with Crippen LogP contribution in [0.3, 0.4) is 0 Å². The number of H-pyrrole nitrogens is 1. The molecule has 1 N–H and O–H groups in total. The second-order valence-electron chi connectivity index (χ2n) is 3.81. The van der Waals surface area contributed by atoms with Gasteiger partial charge in [0.05, 0.1) is 7.11 Å². The zero-order valence-electron chi connectivity index (χ0n) is 9.64.